The first kappa shape index (κ1) is 20.8. The van der Waals surface area contributed by atoms with Gasteiger partial charge in [-0.3, -0.25) is 4.79 Å². The molecule has 0 spiro atoms. The average Bonchev–Trinajstić information content (AvgIpc) is 2.49. The van der Waals surface area contributed by atoms with Gasteiger partial charge in [0.1, 0.15) is 6.61 Å². The van der Waals surface area contributed by atoms with Gasteiger partial charge in [-0.1, -0.05) is 38.1 Å². The van der Waals surface area contributed by atoms with Crippen LogP contribution in [0.3, 0.4) is 0 Å². The maximum absolute atomic E-state index is 12.0. The summed E-state index contributed by atoms with van der Waals surface area (Å²) in [5.41, 5.74) is 1.56. The van der Waals surface area contributed by atoms with Gasteiger partial charge in [-0.25, -0.2) is 0 Å². The molecule has 0 aliphatic carbocycles. The lowest BCUT2D eigenvalue weighted by molar-refractivity contribution is -0.176. The van der Waals surface area contributed by atoms with Crippen LogP contribution in [0.1, 0.15) is 31.4 Å². The van der Waals surface area contributed by atoms with Crippen LogP contribution in [0.25, 0.3) is 0 Å². The van der Waals surface area contributed by atoms with E-state index in [9.17, 15) is 18.0 Å². The fraction of sp³-hybridized carbons (Fsp3) is 0.588. The van der Waals surface area contributed by atoms with E-state index < -0.39 is 12.8 Å². The zero-order valence-electron chi connectivity index (χ0n) is 14.0. The van der Waals surface area contributed by atoms with E-state index in [1.54, 1.807) is 36.0 Å². The summed E-state index contributed by atoms with van der Waals surface area (Å²) in [5, 5.41) is 2.83. The Balaban J connectivity index is 2.23. The van der Waals surface area contributed by atoms with Crippen LogP contribution in [0.15, 0.2) is 24.3 Å². The fourth-order valence-electron chi connectivity index (χ4n) is 1.77. The summed E-state index contributed by atoms with van der Waals surface area (Å²) < 4.78 is 40.5. The van der Waals surface area contributed by atoms with E-state index in [0.29, 0.717) is 23.8 Å². The van der Waals surface area contributed by atoms with Crippen LogP contribution in [-0.2, 0) is 22.7 Å². The van der Waals surface area contributed by atoms with Gasteiger partial charge in [0.2, 0.25) is 5.91 Å². The van der Waals surface area contributed by atoms with E-state index in [0.717, 1.165) is 17.7 Å². The molecule has 1 rings (SSSR count). The SMILES string of the molecule is CC(C)CCSCC(=O)NCc1ccc(COCC(F)(F)F)cc1. The Morgan fingerprint density at radius 2 is 1.83 bits per heavy atom. The second kappa shape index (κ2) is 10.6. The summed E-state index contributed by atoms with van der Waals surface area (Å²) in [6.07, 6.45) is -3.22. The number of carbonyl (C=O) groups excluding carboxylic acids is 1. The molecule has 0 unspecified atom stereocenters. The van der Waals surface area contributed by atoms with Crippen LogP contribution in [0.5, 0.6) is 0 Å². The minimum absolute atomic E-state index is 0.0126. The van der Waals surface area contributed by atoms with Crippen LogP contribution in [0, 0.1) is 5.92 Å². The second-order valence-electron chi connectivity index (χ2n) is 5.94. The summed E-state index contributed by atoms with van der Waals surface area (Å²) in [6, 6.07) is 6.96. The molecule has 1 N–H and O–H groups in total. The zero-order valence-corrected chi connectivity index (χ0v) is 14.8. The predicted octanol–water partition coefficient (Wildman–Crippen LogP) is 4.16. The summed E-state index contributed by atoms with van der Waals surface area (Å²) in [6.45, 7) is 3.38. The number of halogens is 3. The van der Waals surface area contributed by atoms with Gasteiger partial charge in [0.25, 0.3) is 0 Å². The van der Waals surface area contributed by atoms with Gasteiger partial charge in [-0.05, 0) is 29.2 Å². The first-order valence-corrected chi connectivity index (χ1v) is 8.98. The molecule has 0 atom stereocenters. The van der Waals surface area contributed by atoms with Gasteiger partial charge in [-0.15, -0.1) is 0 Å². The van der Waals surface area contributed by atoms with Gasteiger partial charge < -0.3 is 10.1 Å². The highest BCUT2D eigenvalue weighted by Crippen LogP contribution is 2.16. The van der Waals surface area contributed by atoms with Crippen molar-refractivity contribution in [2.75, 3.05) is 18.1 Å². The topological polar surface area (TPSA) is 38.3 Å². The Hall–Kier alpha value is -1.21. The van der Waals surface area contributed by atoms with E-state index in [1.165, 1.54) is 0 Å². The van der Waals surface area contributed by atoms with E-state index in [1.807, 2.05) is 0 Å². The molecule has 0 fully saturated rings. The van der Waals surface area contributed by atoms with Crippen LogP contribution in [-0.4, -0.2) is 30.2 Å². The molecule has 136 valence electrons. The number of thioether (sulfide) groups is 1. The zero-order chi connectivity index (χ0) is 18.0. The maximum atomic E-state index is 12.0. The largest absolute Gasteiger partial charge is 0.411 e. The lowest BCUT2D eigenvalue weighted by Gasteiger charge is -2.09. The van der Waals surface area contributed by atoms with Gasteiger partial charge in [0, 0.05) is 6.54 Å². The molecule has 0 aromatic heterocycles. The van der Waals surface area contributed by atoms with Crippen LogP contribution in [0.4, 0.5) is 13.2 Å². The number of alkyl halides is 3. The number of amides is 1. The van der Waals surface area contributed by atoms with Gasteiger partial charge in [0.15, 0.2) is 0 Å². The van der Waals surface area contributed by atoms with Crippen molar-refractivity contribution in [1.29, 1.82) is 0 Å². The standard InChI is InChI=1S/C17H24F3NO2S/c1-13(2)7-8-24-11-16(22)21-9-14-3-5-15(6-4-14)10-23-12-17(18,19)20/h3-6,13H,7-12H2,1-2H3,(H,21,22). The van der Waals surface area contributed by atoms with Crippen molar-refractivity contribution in [2.45, 2.75) is 39.6 Å². The molecule has 0 saturated carbocycles. The number of carbonyl (C=O) groups is 1. The Labute approximate surface area is 145 Å². The first-order chi connectivity index (χ1) is 11.3. The Bertz CT molecular complexity index is 490. The van der Waals surface area contributed by atoms with Crippen molar-refractivity contribution in [2.24, 2.45) is 5.92 Å². The van der Waals surface area contributed by atoms with Crippen molar-refractivity contribution < 1.29 is 22.7 Å². The van der Waals surface area contributed by atoms with Crippen molar-refractivity contribution in [3.05, 3.63) is 35.4 Å². The highest BCUT2D eigenvalue weighted by molar-refractivity contribution is 7.99. The van der Waals surface area contributed by atoms with Crippen molar-refractivity contribution in [1.82, 2.24) is 5.32 Å². The smallest absolute Gasteiger partial charge is 0.367 e. The normalized spacial score (nSPS) is 11.8. The Kier molecular flexibility index (Phi) is 9.21. The second-order valence-corrected chi connectivity index (χ2v) is 7.04. The minimum atomic E-state index is -4.31. The van der Waals surface area contributed by atoms with Crippen molar-refractivity contribution in [3.8, 4) is 0 Å². The molecule has 3 nitrogen and oxygen atoms in total. The molecular weight excluding hydrogens is 339 g/mol. The lowest BCUT2D eigenvalue weighted by atomic mass is 10.1. The highest BCUT2D eigenvalue weighted by atomic mass is 32.2. The van der Waals surface area contributed by atoms with Crippen molar-refractivity contribution >= 4 is 17.7 Å². The third kappa shape index (κ3) is 10.5. The molecule has 0 radical (unpaired) electrons. The monoisotopic (exact) mass is 363 g/mol. The number of rotatable bonds is 10. The third-order valence-corrected chi connectivity index (χ3v) is 4.11. The van der Waals surface area contributed by atoms with E-state index in [-0.39, 0.29) is 12.5 Å². The molecule has 1 aromatic carbocycles. The molecular formula is C17H24F3NO2S. The van der Waals surface area contributed by atoms with Gasteiger partial charge >= 0.3 is 6.18 Å². The van der Waals surface area contributed by atoms with Crippen LogP contribution in [0.2, 0.25) is 0 Å². The number of hydrogen-bond acceptors (Lipinski definition) is 3. The molecule has 7 heteroatoms. The fourth-order valence-corrected chi connectivity index (χ4v) is 2.84. The molecule has 0 heterocycles. The Morgan fingerprint density at radius 3 is 2.42 bits per heavy atom. The molecule has 0 aliphatic heterocycles. The molecule has 1 aromatic rings. The Morgan fingerprint density at radius 1 is 1.21 bits per heavy atom. The van der Waals surface area contributed by atoms with Gasteiger partial charge in [0.05, 0.1) is 12.4 Å². The number of hydrogen-bond donors (Lipinski definition) is 1. The van der Waals surface area contributed by atoms with Crippen molar-refractivity contribution in [3.63, 3.8) is 0 Å². The van der Waals surface area contributed by atoms with Gasteiger partial charge in [-0.2, -0.15) is 24.9 Å². The number of ether oxygens (including phenoxy) is 1. The van der Waals surface area contributed by atoms with Crippen LogP contribution < -0.4 is 5.32 Å². The first-order valence-electron chi connectivity index (χ1n) is 7.83. The molecule has 0 bridgehead atoms. The molecule has 0 saturated heterocycles. The summed E-state index contributed by atoms with van der Waals surface area (Å²) in [5.74, 6) is 2.04. The lowest BCUT2D eigenvalue weighted by Crippen LogP contribution is -2.24. The minimum Gasteiger partial charge on any atom is -0.367 e. The molecule has 1 amide bonds. The summed E-state index contributed by atoms with van der Waals surface area (Å²) in [4.78, 5) is 11.7. The predicted molar refractivity (Wildman–Crippen MR) is 90.8 cm³/mol. The number of nitrogens with one attached hydrogen (secondary N) is 1. The van der Waals surface area contributed by atoms with Crippen LogP contribution >= 0.6 is 11.8 Å². The molecule has 24 heavy (non-hydrogen) atoms. The summed E-state index contributed by atoms with van der Waals surface area (Å²) in [7, 11) is 0. The van der Waals surface area contributed by atoms with E-state index >= 15 is 0 Å². The average molecular weight is 363 g/mol. The maximum Gasteiger partial charge on any atom is 0.411 e. The molecule has 0 aliphatic rings. The van der Waals surface area contributed by atoms with E-state index in [2.05, 4.69) is 23.9 Å². The highest BCUT2D eigenvalue weighted by Gasteiger charge is 2.27. The quantitative estimate of drug-likeness (QED) is 0.635. The number of benzene rings is 1. The summed E-state index contributed by atoms with van der Waals surface area (Å²) >= 11 is 1.62. The van der Waals surface area contributed by atoms with E-state index in [4.69, 9.17) is 0 Å². The third-order valence-electron chi connectivity index (χ3n) is 3.12.